The molecule has 0 spiro atoms. The van der Waals surface area contributed by atoms with Gasteiger partial charge >= 0.3 is 0 Å². The number of aliphatic hydroxyl groups excluding tert-OH is 1. The molecule has 106 valence electrons. The van der Waals surface area contributed by atoms with E-state index in [1.54, 1.807) is 11.8 Å². The molecule has 0 aromatic rings. The fraction of sp³-hybridized carbons (Fsp3) is 0.923. The Hall–Kier alpha value is -0.260. The number of hydrogen-bond acceptors (Lipinski definition) is 4. The van der Waals surface area contributed by atoms with E-state index < -0.39 is 6.04 Å². The minimum absolute atomic E-state index is 0.0497. The molecule has 1 aliphatic carbocycles. The Bertz CT molecular complexity index is 251. The molecule has 1 fully saturated rings. The van der Waals surface area contributed by atoms with E-state index in [4.69, 9.17) is 5.73 Å². The normalized spacial score (nSPS) is 25.7. The van der Waals surface area contributed by atoms with Gasteiger partial charge in [-0.05, 0) is 43.1 Å². The van der Waals surface area contributed by atoms with Crippen molar-refractivity contribution in [1.82, 2.24) is 5.32 Å². The van der Waals surface area contributed by atoms with Crippen LogP contribution in [0.3, 0.4) is 0 Å². The molecule has 1 aliphatic rings. The summed E-state index contributed by atoms with van der Waals surface area (Å²) in [4.78, 5) is 11.8. The van der Waals surface area contributed by atoms with E-state index in [0.29, 0.717) is 18.4 Å². The third-order valence-corrected chi connectivity index (χ3v) is 4.45. The van der Waals surface area contributed by atoms with Crippen LogP contribution >= 0.6 is 11.8 Å². The summed E-state index contributed by atoms with van der Waals surface area (Å²) in [6.07, 6.45) is 7.32. The zero-order chi connectivity index (χ0) is 13.4. The van der Waals surface area contributed by atoms with E-state index in [9.17, 15) is 9.90 Å². The van der Waals surface area contributed by atoms with Crippen LogP contribution in [0.2, 0.25) is 0 Å². The Balaban J connectivity index is 2.27. The number of amides is 1. The fourth-order valence-electron chi connectivity index (χ4n) is 2.53. The van der Waals surface area contributed by atoms with Gasteiger partial charge < -0.3 is 16.2 Å². The van der Waals surface area contributed by atoms with E-state index in [1.807, 2.05) is 6.26 Å². The van der Waals surface area contributed by atoms with Crippen molar-refractivity contribution in [2.24, 2.45) is 17.6 Å². The minimum atomic E-state index is -0.395. The largest absolute Gasteiger partial charge is 0.396 e. The summed E-state index contributed by atoms with van der Waals surface area (Å²) in [5, 5.41) is 12.3. The van der Waals surface area contributed by atoms with Gasteiger partial charge in [0.15, 0.2) is 0 Å². The van der Waals surface area contributed by atoms with Crippen molar-refractivity contribution in [2.45, 2.75) is 38.1 Å². The molecular weight excluding hydrogens is 248 g/mol. The summed E-state index contributed by atoms with van der Waals surface area (Å²) >= 11 is 1.70. The van der Waals surface area contributed by atoms with Crippen molar-refractivity contribution in [3.05, 3.63) is 0 Å². The van der Waals surface area contributed by atoms with Crippen LogP contribution in [0.4, 0.5) is 0 Å². The average Bonchev–Trinajstić information content (AvgIpc) is 2.42. The Morgan fingerprint density at radius 2 is 2.11 bits per heavy atom. The van der Waals surface area contributed by atoms with Crippen molar-refractivity contribution < 1.29 is 9.90 Å². The fourth-order valence-corrected chi connectivity index (χ4v) is 3.02. The number of thioether (sulfide) groups is 1. The first-order valence-corrected chi connectivity index (χ1v) is 8.21. The van der Waals surface area contributed by atoms with Crippen LogP contribution in [0.1, 0.15) is 32.1 Å². The van der Waals surface area contributed by atoms with E-state index in [2.05, 4.69) is 5.32 Å². The summed E-state index contributed by atoms with van der Waals surface area (Å²) < 4.78 is 0. The first kappa shape index (κ1) is 15.8. The molecule has 0 aromatic heterocycles. The highest BCUT2D eigenvalue weighted by molar-refractivity contribution is 7.98. The lowest BCUT2D eigenvalue weighted by molar-refractivity contribution is -0.122. The van der Waals surface area contributed by atoms with E-state index in [1.165, 1.54) is 12.8 Å². The molecule has 1 rings (SSSR count). The Morgan fingerprint density at radius 3 is 2.72 bits per heavy atom. The molecule has 0 heterocycles. The number of carbonyl (C=O) groups is 1. The molecule has 0 aromatic carbocycles. The van der Waals surface area contributed by atoms with E-state index in [-0.39, 0.29) is 12.5 Å². The molecule has 0 bridgehead atoms. The van der Waals surface area contributed by atoms with Crippen molar-refractivity contribution in [3.63, 3.8) is 0 Å². The summed E-state index contributed by atoms with van der Waals surface area (Å²) in [7, 11) is 0. The molecule has 2 unspecified atom stereocenters. The van der Waals surface area contributed by atoms with E-state index >= 15 is 0 Å². The lowest BCUT2D eigenvalue weighted by atomic mass is 9.79. The third-order valence-electron chi connectivity index (χ3n) is 3.81. The second kappa shape index (κ2) is 8.77. The van der Waals surface area contributed by atoms with Gasteiger partial charge in [0.2, 0.25) is 5.91 Å². The van der Waals surface area contributed by atoms with Gasteiger partial charge in [0.1, 0.15) is 0 Å². The van der Waals surface area contributed by atoms with Crippen molar-refractivity contribution in [1.29, 1.82) is 0 Å². The zero-order valence-electron chi connectivity index (χ0n) is 11.2. The Kier molecular flexibility index (Phi) is 7.70. The maximum Gasteiger partial charge on any atom is 0.236 e. The third kappa shape index (κ3) is 5.16. The summed E-state index contributed by atoms with van der Waals surface area (Å²) in [5.41, 5.74) is 5.81. The first-order chi connectivity index (χ1) is 8.69. The van der Waals surface area contributed by atoms with Gasteiger partial charge in [0, 0.05) is 13.2 Å². The summed E-state index contributed by atoms with van der Waals surface area (Å²) in [5.74, 6) is 1.63. The van der Waals surface area contributed by atoms with Crippen LogP contribution in [-0.2, 0) is 4.79 Å². The zero-order valence-corrected chi connectivity index (χ0v) is 12.0. The minimum Gasteiger partial charge on any atom is -0.396 e. The van der Waals surface area contributed by atoms with Gasteiger partial charge in [-0.3, -0.25) is 4.79 Å². The van der Waals surface area contributed by atoms with E-state index in [0.717, 1.165) is 25.0 Å². The number of hydrogen-bond donors (Lipinski definition) is 3. The SMILES string of the molecule is CSCC[C@@H](N)C(=O)NCC1CCCCC1CO. The topological polar surface area (TPSA) is 75.4 Å². The smallest absolute Gasteiger partial charge is 0.236 e. The Labute approximate surface area is 114 Å². The highest BCUT2D eigenvalue weighted by atomic mass is 32.2. The second-order valence-electron chi connectivity index (χ2n) is 5.12. The molecule has 1 amide bonds. The maximum absolute atomic E-state index is 11.8. The van der Waals surface area contributed by atoms with Crippen molar-refractivity contribution in [2.75, 3.05) is 25.2 Å². The van der Waals surface area contributed by atoms with Crippen LogP contribution in [0.15, 0.2) is 0 Å². The first-order valence-electron chi connectivity index (χ1n) is 6.82. The summed E-state index contributed by atoms with van der Waals surface area (Å²) in [6, 6.07) is -0.395. The van der Waals surface area contributed by atoms with Gasteiger partial charge in [0.05, 0.1) is 6.04 Å². The maximum atomic E-state index is 11.8. The van der Waals surface area contributed by atoms with Crippen LogP contribution < -0.4 is 11.1 Å². The van der Waals surface area contributed by atoms with Gasteiger partial charge in [-0.25, -0.2) is 0 Å². The molecule has 0 aliphatic heterocycles. The van der Waals surface area contributed by atoms with Gasteiger partial charge in [-0.1, -0.05) is 12.8 Å². The lowest BCUT2D eigenvalue weighted by Gasteiger charge is -2.30. The van der Waals surface area contributed by atoms with Gasteiger partial charge in [-0.15, -0.1) is 0 Å². The quantitative estimate of drug-likeness (QED) is 0.647. The standard InChI is InChI=1S/C13H26N2O2S/c1-18-7-6-12(14)13(17)15-8-10-4-2-3-5-11(10)9-16/h10-12,16H,2-9,14H2,1H3,(H,15,17)/t10?,11?,12-/m1/s1. The second-order valence-corrected chi connectivity index (χ2v) is 6.11. The molecule has 4 N–H and O–H groups in total. The lowest BCUT2D eigenvalue weighted by Crippen LogP contribution is -2.44. The summed E-state index contributed by atoms with van der Waals surface area (Å²) in [6.45, 7) is 0.899. The van der Waals surface area contributed by atoms with Gasteiger partial charge in [-0.2, -0.15) is 11.8 Å². The number of aliphatic hydroxyl groups is 1. The number of carbonyl (C=O) groups excluding carboxylic acids is 1. The molecular formula is C13H26N2O2S. The highest BCUT2D eigenvalue weighted by Gasteiger charge is 2.25. The van der Waals surface area contributed by atoms with Crippen LogP contribution in [0, 0.1) is 11.8 Å². The number of nitrogens with two attached hydrogens (primary N) is 1. The van der Waals surface area contributed by atoms with Crippen LogP contribution in [0.5, 0.6) is 0 Å². The highest BCUT2D eigenvalue weighted by Crippen LogP contribution is 2.29. The number of nitrogens with one attached hydrogen (secondary N) is 1. The Morgan fingerprint density at radius 1 is 1.44 bits per heavy atom. The monoisotopic (exact) mass is 274 g/mol. The molecule has 0 radical (unpaired) electrons. The number of rotatable bonds is 7. The van der Waals surface area contributed by atoms with Crippen molar-refractivity contribution >= 4 is 17.7 Å². The predicted molar refractivity (Wildman–Crippen MR) is 76.5 cm³/mol. The molecule has 3 atom stereocenters. The van der Waals surface area contributed by atoms with Crippen molar-refractivity contribution in [3.8, 4) is 0 Å². The molecule has 4 nitrogen and oxygen atoms in total. The molecule has 18 heavy (non-hydrogen) atoms. The average molecular weight is 274 g/mol. The predicted octanol–water partition coefficient (Wildman–Crippen LogP) is 0.982. The van der Waals surface area contributed by atoms with Gasteiger partial charge in [0.25, 0.3) is 0 Å². The molecule has 1 saturated carbocycles. The molecule has 5 heteroatoms. The van der Waals surface area contributed by atoms with Crippen LogP contribution in [0.25, 0.3) is 0 Å². The van der Waals surface area contributed by atoms with Crippen LogP contribution in [-0.4, -0.2) is 42.2 Å². The molecule has 0 saturated heterocycles.